The van der Waals surface area contributed by atoms with Crippen molar-refractivity contribution in [1.82, 2.24) is 19.7 Å². The van der Waals surface area contributed by atoms with Crippen LogP contribution in [-0.4, -0.2) is 19.7 Å². The van der Waals surface area contributed by atoms with Gasteiger partial charge in [-0.3, -0.25) is 14.8 Å². The Kier molecular flexibility index (Phi) is 4.87. The molecule has 6 nitrogen and oxygen atoms in total. The molecule has 0 spiro atoms. The van der Waals surface area contributed by atoms with Gasteiger partial charge in [-0.2, -0.15) is 31.4 Å². The first-order chi connectivity index (χ1) is 13.6. The van der Waals surface area contributed by atoms with Crippen LogP contribution < -0.4 is 11.2 Å². The molecule has 0 saturated heterocycles. The van der Waals surface area contributed by atoms with Crippen LogP contribution in [-0.2, 0) is 12.4 Å². The first kappa shape index (κ1) is 21.7. The first-order valence-electron chi connectivity index (χ1n) is 8.60. The van der Waals surface area contributed by atoms with Crippen molar-refractivity contribution in [3.8, 4) is 0 Å². The van der Waals surface area contributed by atoms with Crippen molar-refractivity contribution in [2.75, 3.05) is 0 Å². The van der Waals surface area contributed by atoms with E-state index < -0.39 is 57.3 Å². The molecule has 0 aliphatic heterocycles. The number of alkyl halides is 6. The number of H-pyrrole nitrogens is 2. The van der Waals surface area contributed by atoms with Crippen LogP contribution in [0.25, 0.3) is 11.0 Å². The number of rotatable bonds is 2. The van der Waals surface area contributed by atoms with Crippen LogP contribution in [0.2, 0.25) is 0 Å². The van der Waals surface area contributed by atoms with Gasteiger partial charge >= 0.3 is 18.0 Å². The largest absolute Gasteiger partial charge is 0.436 e. The van der Waals surface area contributed by atoms with Crippen LogP contribution in [0, 0.1) is 5.41 Å². The van der Waals surface area contributed by atoms with Crippen molar-refractivity contribution in [2.45, 2.75) is 39.2 Å². The molecule has 2 N–H and O–H groups in total. The third-order valence-corrected chi connectivity index (χ3v) is 4.48. The quantitative estimate of drug-likeness (QED) is 0.596. The third kappa shape index (κ3) is 3.85. The standard InChI is InChI=1S/C18H16F6N4O2/c1-16(2,3)12(8-4-6-9(7-5-8)17(19,20)21)28-13-10(11(27-28)18(22,23)24)14(29)26-15(30)25-13/h4-7,12H,1-3H3,(H2,25,26,29,30)/t12-/m1/s1. The lowest BCUT2D eigenvalue weighted by Crippen LogP contribution is -2.29. The molecule has 2 heterocycles. The molecule has 0 amide bonds. The number of fused-ring (bicyclic) bond motifs is 1. The van der Waals surface area contributed by atoms with E-state index in [2.05, 4.69) is 10.1 Å². The summed E-state index contributed by atoms with van der Waals surface area (Å²) in [5.41, 5.74) is -5.86. The van der Waals surface area contributed by atoms with E-state index in [0.717, 1.165) is 28.9 Å². The van der Waals surface area contributed by atoms with Gasteiger partial charge in [0, 0.05) is 0 Å². The molecule has 3 rings (SSSR count). The van der Waals surface area contributed by atoms with Crippen molar-refractivity contribution in [2.24, 2.45) is 5.41 Å². The highest BCUT2D eigenvalue weighted by Gasteiger charge is 2.41. The van der Waals surface area contributed by atoms with E-state index in [1.807, 2.05) is 0 Å². The number of aromatic nitrogens is 4. The van der Waals surface area contributed by atoms with E-state index in [0.29, 0.717) is 0 Å². The maximum atomic E-state index is 13.5. The molecule has 0 aliphatic carbocycles. The van der Waals surface area contributed by atoms with E-state index in [1.54, 1.807) is 25.8 Å². The smallest absolute Gasteiger partial charge is 0.291 e. The molecule has 0 unspecified atom stereocenters. The molecular formula is C18H16F6N4O2. The van der Waals surface area contributed by atoms with Crippen LogP contribution in [0.1, 0.15) is 43.6 Å². The summed E-state index contributed by atoms with van der Waals surface area (Å²) in [6.07, 6.45) is -9.59. The van der Waals surface area contributed by atoms with E-state index in [-0.39, 0.29) is 5.56 Å². The van der Waals surface area contributed by atoms with Gasteiger partial charge in [0.25, 0.3) is 5.56 Å². The molecule has 162 valence electrons. The Morgan fingerprint density at radius 1 is 0.900 bits per heavy atom. The molecule has 0 aliphatic rings. The molecular weight excluding hydrogens is 418 g/mol. The zero-order valence-electron chi connectivity index (χ0n) is 15.9. The number of hydrogen-bond donors (Lipinski definition) is 2. The minimum atomic E-state index is -5.00. The lowest BCUT2D eigenvalue weighted by atomic mass is 9.82. The SMILES string of the molecule is CC(C)(C)[C@@H](c1ccc(C(F)(F)F)cc1)n1nc(C(F)(F)F)c2c(=O)[nH]c(=O)[nH]c21. The van der Waals surface area contributed by atoms with Crippen LogP contribution in [0.3, 0.4) is 0 Å². The molecule has 30 heavy (non-hydrogen) atoms. The van der Waals surface area contributed by atoms with Gasteiger partial charge in [0.1, 0.15) is 11.0 Å². The van der Waals surface area contributed by atoms with Crippen LogP contribution in [0.15, 0.2) is 33.9 Å². The summed E-state index contributed by atoms with van der Waals surface area (Å²) in [5, 5.41) is 2.70. The fourth-order valence-electron chi connectivity index (χ4n) is 3.32. The van der Waals surface area contributed by atoms with Gasteiger partial charge in [-0.1, -0.05) is 32.9 Å². The van der Waals surface area contributed by atoms with Crippen molar-refractivity contribution >= 4 is 11.0 Å². The topological polar surface area (TPSA) is 83.5 Å². The number of halogens is 6. The summed E-state index contributed by atoms with van der Waals surface area (Å²) in [6.45, 7) is 4.92. The fraction of sp³-hybridized carbons (Fsp3) is 0.389. The Hall–Kier alpha value is -3.05. The molecule has 0 bridgehead atoms. The highest BCUT2D eigenvalue weighted by atomic mass is 19.4. The minimum absolute atomic E-state index is 0.217. The van der Waals surface area contributed by atoms with Gasteiger partial charge in [-0.15, -0.1) is 0 Å². The molecule has 3 aromatic rings. The molecule has 0 saturated carbocycles. The summed E-state index contributed by atoms with van der Waals surface area (Å²) in [7, 11) is 0. The Labute approximate surface area is 164 Å². The van der Waals surface area contributed by atoms with Crippen LogP contribution in [0.5, 0.6) is 0 Å². The van der Waals surface area contributed by atoms with Crippen LogP contribution >= 0.6 is 0 Å². The lowest BCUT2D eigenvalue weighted by Gasteiger charge is -2.32. The maximum Gasteiger partial charge on any atom is 0.436 e. The summed E-state index contributed by atoms with van der Waals surface area (Å²) in [6, 6.07) is 2.84. The number of nitrogens with one attached hydrogen (secondary N) is 2. The molecule has 2 aromatic heterocycles. The van der Waals surface area contributed by atoms with E-state index in [4.69, 9.17) is 0 Å². The average Bonchev–Trinajstić information content (AvgIpc) is 2.93. The van der Waals surface area contributed by atoms with E-state index >= 15 is 0 Å². The van der Waals surface area contributed by atoms with E-state index in [1.165, 1.54) is 0 Å². The maximum absolute atomic E-state index is 13.5. The average molecular weight is 434 g/mol. The number of benzene rings is 1. The third-order valence-electron chi connectivity index (χ3n) is 4.48. The Morgan fingerprint density at radius 2 is 1.47 bits per heavy atom. The van der Waals surface area contributed by atoms with Crippen molar-refractivity contribution in [3.63, 3.8) is 0 Å². The summed E-state index contributed by atoms with van der Waals surface area (Å²) in [4.78, 5) is 27.7. The molecule has 1 atom stereocenters. The molecule has 1 aromatic carbocycles. The Morgan fingerprint density at radius 3 is 1.93 bits per heavy atom. The Balaban J connectivity index is 2.34. The van der Waals surface area contributed by atoms with Crippen molar-refractivity contribution in [1.29, 1.82) is 0 Å². The second-order valence-corrected chi connectivity index (χ2v) is 7.81. The summed E-state index contributed by atoms with van der Waals surface area (Å²) in [5.74, 6) is 0. The number of hydrogen-bond acceptors (Lipinski definition) is 3. The van der Waals surface area contributed by atoms with Gasteiger partial charge in [0.05, 0.1) is 11.6 Å². The zero-order chi connectivity index (χ0) is 22.6. The second-order valence-electron chi connectivity index (χ2n) is 7.81. The second kappa shape index (κ2) is 6.74. The summed E-state index contributed by atoms with van der Waals surface area (Å²) < 4.78 is 80.0. The van der Waals surface area contributed by atoms with Gasteiger partial charge in [-0.25, -0.2) is 9.48 Å². The highest BCUT2D eigenvalue weighted by Crippen LogP contribution is 2.41. The predicted molar refractivity (Wildman–Crippen MR) is 95.0 cm³/mol. The molecule has 0 radical (unpaired) electrons. The van der Waals surface area contributed by atoms with Crippen LogP contribution in [0.4, 0.5) is 26.3 Å². The van der Waals surface area contributed by atoms with Gasteiger partial charge in [0.15, 0.2) is 5.69 Å². The lowest BCUT2D eigenvalue weighted by molar-refractivity contribution is -0.140. The number of aromatic amines is 2. The monoisotopic (exact) mass is 434 g/mol. The van der Waals surface area contributed by atoms with E-state index in [9.17, 15) is 35.9 Å². The van der Waals surface area contributed by atoms with Gasteiger partial charge in [0.2, 0.25) is 0 Å². The minimum Gasteiger partial charge on any atom is -0.291 e. The highest BCUT2D eigenvalue weighted by molar-refractivity contribution is 5.78. The summed E-state index contributed by atoms with van der Waals surface area (Å²) >= 11 is 0. The normalized spacial score (nSPS) is 14.3. The van der Waals surface area contributed by atoms with Gasteiger partial charge < -0.3 is 0 Å². The fourth-order valence-corrected chi connectivity index (χ4v) is 3.32. The molecule has 12 heteroatoms. The predicted octanol–water partition coefficient (Wildman–Crippen LogP) is 4.09. The van der Waals surface area contributed by atoms with Gasteiger partial charge in [-0.05, 0) is 23.1 Å². The van der Waals surface area contributed by atoms with Crippen molar-refractivity contribution in [3.05, 3.63) is 61.9 Å². The van der Waals surface area contributed by atoms with Crippen molar-refractivity contribution < 1.29 is 26.3 Å². The number of nitrogens with zero attached hydrogens (tertiary/aromatic N) is 2. The zero-order valence-corrected chi connectivity index (χ0v) is 15.9. The molecule has 0 fully saturated rings. The Bertz CT molecular complexity index is 1190. The first-order valence-corrected chi connectivity index (χ1v) is 8.60.